The van der Waals surface area contributed by atoms with Gasteiger partial charge in [0.05, 0.1) is 0 Å². The van der Waals surface area contributed by atoms with Crippen LogP contribution in [0.15, 0.2) is 0 Å². The lowest BCUT2D eigenvalue weighted by Crippen LogP contribution is -2.43. The van der Waals surface area contributed by atoms with Gasteiger partial charge in [-0.05, 0) is 30.7 Å². The van der Waals surface area contributed by atoms with E-state index >= 15 is 0 Å². The Hall–Kier alpha value is -0.120. The van der Waals surface area contributed by atoms with Crippen LogP contribution in [-0.4, -0.2) is 31.5 Å². The van der Waals surface area contributed by atoms with Gasteiger partial charge >= 0.3 is 0 Å². The third kappa shape index (κ3) is 1.79. The zero-order valence-electron chi connectivity index (χ0n) is 7.75. The number of aliphatic hydroxyl groups is 1. The van der Waals surface area contributed by atoms with Crippen molar-refractivity contribution in [2.75, 3.05) is 26.4 Å². The normalized spacial score (nSPS) is 36.8. The largest absolute Gasteiger partial charge is 0.396 e. The average Bonchev–Trinajstić information content (AvgIpc) is 2.10. The summed E-state index contributed by atoms with van der Waals surface area (Å²) in [7, 11) is 0. The van der Waals surface area contributed by atoms with Gasteiger partial charge in [0.1, 0.15) is 0 Å². The summed E-state index contributed by atoms with van der Waals surface area (Å²) in [4.78, 5) is 0. The summed E-state index contributed by atoms with van der Waals surface area (Å²) >= 11 is 0. The average molecular weight is 173 g/mol. The molecule has 0 radical (unpaired) electrons. The second kappa shape index (κ2) is 4.21. The summed E-state index contributed by atoms with van der Waals surface area (Å²) in [6.45, 7) is 4.64. The van der Waals surface area contributed by atoms with E-state index in [1.807, 2.05) is 0 Å². The van der Waals surface area contributed by atoms with Crippen molar-refractivity contribution in [3.8, 4) is 0 Å². The topological polar surface area (TPSA) is 55.5 Å². The number of hydrogen-bond acceptors (Lipinski definition) is 3. The van der Waals surface area contributed by atoms with Gasteiger partial charge in [0.15, 0.2) is 0 Å². The molecule has 12 heavy (non-hydrogen) atoms. The van der Waals surface area contributed by atoms with Gasteiger partial charge in [-0.25, -0.2) is 0 Å². The minimum absolute atomic E-state index is 0.132. The molecular formula is C9H19NO2. The predicted molar refractivity (Wildman–Crippen MR) is 47.8 cm³/mol. The first-order chi connectivity index (χ1) is 5.75. The van der Waals surface area contributed by atoms with Crippen LogP contribution in [0.25, 0.3) is 0 Å². The van der Waals surface area contributed by atoms with Crippen molar-refractivity contribution in [1.29, 1.82) is 0 Å². The van der Waals surface area contributed by atoms with Crippen molar-refractivity contribution in [3.05, 3.63) is 0 Å². The van der Waals surface area contributed by atoms with E-state index in [-0.39, 0.29) is 12.0 Å². The molecule has 2 atom stereocenters. The van der Waals surface area contributed by atoms with Crippen molar-refractivity contribution in [2.24, 2.45) is 17.1 Å². The molecule has 3 N–H and O–H groups in total. The Kier molecular flexibility index (Phi) is 3.50. The molecule has 0 saturated carbocycles. The molecule has 3 nitrogen and oxygen atoms in total. The quantitative estimate of drug-likeness (QED) is 0.648. The Morgan fingerprint density at radius 3 is 2.92 bits per heavy atom. The second-order valence-corrected chi connectivity index (χ2v) is 3.77. The van der Waals surface area contributed by atoms with E-state index in [1.165, 1.54) is 0 Å². The van der Waals surface area contributed by atoms with E-state index in [2.05, 4.69) is 6.92 Å². The standard InChI is InChI=1S/C9H19NO2/c1-8-6-12-5-3-9(8,7-10)2-4-11/h8,11H,2-7,10H2,1H3. The highest BCUT2D eigenvalue weighted by atomic mass is 16.5. The molecule has 0 bridgehead atoms. The van der Waals surface area contributed by atoms with Crippen LogP contribution in [-0.2, 0) is 4.74 Å². The molecule has 1 saturated heterocycles. The van der Waals surface area contributed by atoms with E-state index < -0.39 is 0 Å². The molecule has 0 aromatic carbocycles. The molecule has 1 heterocycles. The fourth-order valence-electron chi connectivity index (χ4n) is 1.96. The minimum atomic E-state index is 0.132. The van der Waals surface area contributed by atoms with Crippen LogP contribution in [0.1, 0.15) is 19.8 Å². The van der Waals surface area contributed by atoms with Gasteiger partial charge in [0.25, 0.3) is 0 Å². The maximum Gasteiger partial charge on any atom is 0.0497 e. The summed E-state index contributed by atoms with van der Waals surface area (Å²) in [5.41, 5.74) is 5.88. The summed E-state index contributed by atoms with van der Waals surface area (Å²) in [6.07, 6.45) is 1.80. The first kappa shape index (κ1) is 9.96. The van der Waals surface area contributed by atoms with Crippen molar-refractivity contribution in [2.45, 2.75) is 19.8 Å². The Morgan fingerprint density at radius 2 is 2.42 bits per heavy atom. The summed E-state index contributed by atoms with van der Waals surface area (Å²) in [6, 6.07) is 0. The van der Waals surface area contributed by atoms with E-state index in [9.17, 15) is 0 Å². The number of aliphatic hydroxyl groups excluding tert-OH is 1. The third-order valence-corrected chi connectivity index (χ3v) is 3.17. The Balaban J connectivity index is 2.60. The number of rotatable bonds is 3. The molecule has 3 heteroatoms. The fourth-order valence-corrected chi connectivity index (χ4v) is 1.96. The van der Waals surface area contributed by atoms with Crippen LogP contribution in [0.5, 0.6) is 0 Å². The van der Waals surface area contributed by atoms with Gasteiger partial charge in [-0.2, -0.15) is 0 Å². The lowest BCUT2D eigenvalue weighted by molar-refractivity contribution is -0.0402. The molecule has 1 aliphatic rings. The van der Waals surface area contributed by atoms with Crippen molar-refractivity contribution < 1.29 is 9.84 Å². The molecule has 0 aromatic rings. The van der Waals surface area contributed by atoms with Gasteiger partial charge in [0.2, 0.25) is 0 Å². The maximum atomic E-state index is 8.94. The second-order valence-electron chi connectivity index (χ2n) is 3.77. The molecular weight excluding hydrogens is 154 g/mol. The molecule has 72 valence electrons. The highest BCUT2D eigenvalue weighted by Crippen LogP contribution is 2.37. The lowest BCUT2D eigenvalue weighted by Gasteiger charge is -2.41. The van der Waals surface area contributed by atoms with Gasteiger partial charge in [-0.15, -0.1) is 0 Å². The third-order valence-electron chi connectivity index (χ3n) is 3.17. The lowest BCUT2D eigenvalue weighted by atomic mass is 9.71. The van der Waals surface area contributed by atoms with E-state index in [4.69, 9.17) is 15.6 Å². The van der Waals surface area contributed by atoms with Gasteiger partial charge in [0, 0.05) is 19.8 Å². The zero-order valence-corrected chi connectivity index (χ0v) is 7.75. The molecule has 1 fully saturated rings. The fraction of sp³-hybridized carbons (Fsp3) is 1.00. The van der Waals surface area contributed by atoms with Crippen LogP contribution < -0.4 is 5.73 Å². The Labute approximate surface area is 73.9 Å². The first-order valence-electron chi connectivity index (χ1n) is 4.64. The van der Waals surface area contributed by atoms with Crippen LogP contribution in [0.2, 0.25) is 0 Å². The number of ether oxygens (including phenoxy) is 1. The first-order valence-corrected chi connectivity index (χ1v) is 4.64. The summed E-state index contributed by atoms with van der Waals surface area (Å²) < 4.78 is 5.35. The maximum absolute atomic E-state index is 8.94. The zero-order chi connectivity index (χ0) is 9.03. The minimum Gasteiger partial charge on any atom is -0.396 e. The van der Waals surface area contributed by atoms with E-state index in [1.54, 1.807) is 0 Å². The summed E-state index contributed by atoms with van der Waals surface area (Å²) in [5.74, 6) is 0.475. The Morgan fingerprint density at radius 1 is 1.67 bits per heavy atom. The molecule has 0 aliphatic carbocycles. The SMILES string of the molecule is CC1COCCC1(CN)CCO. The van der Waals surface area contributed by atoms with Gasteiger partial charge < -0.3 is 15.6 Å². The van der Waals surface area contributed by atoms with Crippen LogP contribution >= 0.6 is 0 Å². The number of hydrogen-bond donors (Lipinski definition) is 2. The van der Waals surface area contributed by atoms with Crippen molar-refractivity contribution >= 4 is 0 Å². The predicted octanol–water partition coefficient (Wildman–Crippen LogP) is 0.370. The number of nitrogens with two attached hydrogens (primary N) is 1. The molecule has 2 unspecified atom stereocenters. The van der Waals surface area contributed by atoms with Gasteiger partial charge in [-0.1, -0.05) is 6.92 Å². The monoisotopic (exact) mass is 173 g/mol. The highest BCUT2D eigenvalue weighted by molar-refractivity contribution is 4.87. The smallest absolute Gasteiger partial charge is 0.0497 e. The van der Waals surface area contributed by atoms with Crippen LogP contribution in [0.3, 0.4) is 0 Å². The summed E-state index contributed by atoms with van der Waals surface area (Å²) in [5, 5.41) is 8.94. The van der Waals surface area contributed by atoms with Gasteiger partial charge in [-0.3, -0.25) is 0 Å². The Bertz CT molecular complexity index is 136. The van der Waals surface area contributed by atoms with Crippen molar-refractivity contribution in [3.63, 3.8) is 0 Å². The molecule has 1 rings (SSSR count). The molecule has 0 aromatic heterocycles. The molecule has 0 amide bonds. The van der Waals surface area contributed by atoms with Crippen molar-refractivity contribution in [1.82, 2.24) is 0 Å². The highest BCUT2D eigenvalue weighted by Gasteiger charge is 2.36. The van der Waals surface area contributed by atoms with E-state index in [0.29, 0.717) is 12.5 Å². The molecule has 0 spiro atoms. The van der Waals surface area contributed by atoms with Crippen LogP contribution in [0, 0.1) is 11.3 Å². The van der Waals surface area contributed by atoms with Crippen LogP contribution in [0.4, 0.5) is 0 Å². The van der Waals surface area contributed by atoms with E-state index in [0.717, 1.165) is 26.1 Å². The molecule has 1 aliphatic heterocycles.